The molecule has 0 fully saturated rings. The predicted octanol–water partition coefficient (Wildman–Crippen LogP) is 4.34. The lowest BCUT2D eigenvalue weighted by Gasteiger charge is -2.28. The fourth-order valence-electron chi connectivity index (χ4n) is 2.83. The highest BCUT2D eigenvalue weighted by Crippen LogP contribution is 2.33. The molecule has 2 rings (SSSR count). The standard InChI is InChI=1S/C21H27ClN2O4/c1-3-27-14-15-28-20-17(22)10-7-11-18(20)23-21(26)24(2)19(12-13-25)16-8-5-4-6-9-16/h4-11,19,25H,3,12-15H2,1-2H3,(H,23,26)/t19-/m1/s1. The van der Waals surface area contributed by atoms with Gasteiger partial charge in [0.25, 0.3) is 0 Å². The molecule has 6 nitrogen and oxygen atoms in total. The molecule has 0 aliphatic rings. The first kappa shape index (κ1) is 22.0. The van der Waals surface area contributed by atoms with Crippen molar-refractivity contribution < 1.29 is 19.4 Å². The number of urea groups is 1. The maximum absolute atomic E-state index is 12.9. The Morgan fingerprint density at radius 2 is 1.93 bits per heavy atom. The number of aliphatic hydroxyl groups excluding tert-OH is 1. The number of anilines is 1. The third kappa shape index (κ3) is 6.12. The van der Waals surface area contributed by atoms with Crippen LogP contribution in [0.5, 0.6) is 5.75 Å². The molecule has 0 unspecified atom stereocenters. The largest absolute Gasteiger partial charge is 0.487 e. The van der Waals surface area contributed by atoms with Gasteiger partial charge in [-0.2, -0.15) is 0 Å². The second kappa shape index (κ2) is 11.5. The Kier molecular flexibility index (Phi) is 9.07. The van der Waals surface area contributed by atoms with Crippen molar-refractivity contribution in [3.63, 3.8) is 0 Å². The molecule has 2 amide bonds. The van der Waals surface area contributed by atoms with Crippen molar-refractivity contribution >= 4 is 23.3 Å². The average molecular weight is 407 g/mol. The summed E-state index contributed by atoms with van der Waals surface area (Å²) < 4.78 is 11.0. The second-order valence-corrected chi connectivity index (χ2v) is 6.55. The van der Waals surface area contributed by atoms with E-state index in [9.17, 15) is 9.90 Å². The highest BCUT2D eigenvalue weighted by molar-refractivity contribution is 6.32. The molecule has 0 heterocycles. The first-order chi connectivity index (χ1) is 13.6. The van der Waals surface area contributed by atoms with E-state index in [1.54, 1.807) is 30.1 Å². The summed E-state index contributed by atoms with van der Waals surface area (Å²) in [5, 5.41) is 12.7. The maximum atomic E-state index is 12.9. The Bertz CT molecular complexity index is 742. The number of hydrogen-bond acceptors (Lipinski definition) is 4. The molecule has 2 N–H and O–H groups in total. The van der Waals surface area contributed by atoms with Gasteiger partial charge < -0.3 is 24.8 Å². The van der Waals surface area contributed by atoms with E-state index in [0.29, 0.717) is 42.7 Å². The van der Waals surface area contributed by atoms with Crippen LogP contribution in [0.4, 0.5) is 10.5 Å². The van der Waals surface area contributed by atoms with Gasteiger partial charge in [0.15, 0.2) is 5.75 Å². The molecule has 28 heavy (non-hydrogen) atoms. The quantitative estimate of drug-likeness (QED) is 0.575. The fraction of sp³-hybridized carbons (Fsp3) is 0.381. The van der Waals surface area contributed by atoms with Crippen molar-refractivity contribution in [2.75, 3.05) is 38.8 Å². The van der Waals surface area contributed by atoms with Gasteiger partial charge in [0.1, 0.15) is 6.61 Å². The number of nitrogens with zero attached hydrogens (tertiary/aromatic N) is 1. The van der Waals surface area contributed by atoms with E-state index in [4.69, 9.17) is 21.1 Å². The van der Waals surface area contributed by atoms with E-state index in [0.717, 1.165) is 5.56 Å². The van der Waals surface area contributed by atoms with E-state index < -0.39 is 0 Å². The molecule has 2 aromatic rings. The number of hydrogen-bond donors (Lipinski definition) is 2. The van der Waals surface area contributed by atoms with Crippen LogP contribution in [0.2, 0.25) is 5.02 Å². The van der Waals surface area contributed by atoms with E-state index in [2.05, 4.69) is 5.32 Å². The Morgan fingerprint density at radius 3 is 2.61 bits per heavy atom. The predicted molar refractivity (Wildman–Crippen MR) is 111 cm³/mol. The fourth-order valence-corrected chi connectivity index (χ4v) is 3.06. The molecule has 0 radical (unpaired) electrons. The highest BCUT2D eigenvalue weighted by atomic mass is 35.5. The molecular weight excluding hydrogens is 380 g/mol. The molecule has 0 saturated carbocycles. The van der Waals surface area contributed by atoms with Gasteiger partial charge in [-0.3, -0.25) is 0 Å². The minimum atomic E-state index is -0.320. The van der Waals surface area contributed by atoms with Gasteiger partial charge in [-0.05, 0) is 31.0 Å². The average Bonchev–Trinajstić information content (AvgIpc) is 2.71. The first-order valence-electron chi connectivity index (χ1n) is 9.27. The van der Waals surface area contributed by atoms with Crippen LogP contribution in [0.15, 0.2) is 48.5 Å². The van der Waals surface area contributed by atoms with Gasteiger partial charge in [-0.25, -0.2) is 4.79 Å². The zero-order valence-corrected chi connectivity index (χ0v) is 17.0. The van der Waals surface area contributed by atoms with Crippen molar-refractivity contribution in [3.8, 4) is 5.75 Å². The van der Waals surface area contributed by atoms with Gasteiger partial charge in [-0.1, -0.05) is 48.0 Å². The van der Waals surface area contributed by atoms with Gasteiger partial charge in [-0.15, -0.1) is 0 Å². The van der Waals surface area contributed by atoms with Crippen LogP contribution in [0.25, 0.3) is 0 Å². The molecular formula is C21H27ClN2O4. The van der Waals surface area contributed by atoms with Gasteiger partial charge >= 0.3 is 6.03 Å². The minimum Gasteiger partial charge on any atom is -0.487 e. The minimum absolute atomic E-state index is 0.0276. The number of rotatable bonds is 10. The lowest BCUT2D eigenvalue weighted by molar-refractivity contribution is 0.110. The van der Waals surface area contributed by atoms with Crippen LogP contribution < -0.4 is 10.1 Å². The molecule has 0 saturated heterocycles. The zero-order valence-electron chi connectivity index (χ0n) is 16.2. The third-order valence-corrected chi connectivity index (χ3v) is 4.56. The van der Waals surface area contributed by atoms with E-state index in [-0.39, 0.29) is 18.7 Å². The van der Waals surface area contributed by atoms with Crippen LogP contribution in [0, 0.1) is 0 Å². The van der Waals surface area contributed by atoms with Crippen molar-refractivity contribution in [2.45, 2.75) is 19.4 Å². The number of ether oxygens (including phenoxy) is 2. The highest BCUT2D eigenvalue weighted by Gasteiger charge is 2.22. The number of amides is 2. The van der Waals surface area contributed by atoms with Crippen molar-refractivity contribution in [3.05, 3.63) is 59.1 Å². The topological polar surface area (TPSA) is 71.0 Å². The number of benzene rings is 2. The summed E-state index contributed by atoms with van der Waals surface area (Å²) in [6.45, 7) is 3.24. The molecule has 2 aromatic carbocycles. The van der Waals surface area contributed by atoms with Gasteiger partial charge in [0, 0.05) is 20.3 Å². The first-order valence-corrected chi connectivity index (χ1v) is 9.65. The smallest absolute Gasteiger partial charge is 0.322 e. The lowest BCUT2D eigenvalue weighted by atomic mass is 10.0. The van der Waals surface area contributed by atoms with Gasteiger partial charge in [0.2, 0.25) is 0 Å². The van der Waals surface area contributed by atoms with Crippen LogP contribution in [0.3, 0.4) is 0 Å². The number of nitrogens with one attached hydrogen (secondary N) is 1. The van der Waals surface area contributed by atoms with E-state index in [1.165, 1.54) is 0 Å². The Labute approximate surface area is 171 Å². The van der Waals surface area contributed by atoms with Crippen LogP contribution in [-0.2, 0) is 4.74 Å². The molecule has 0 aliphatic heterocycles. The summed E-state index contributed by atoms with van der Waals surface area (Å²) in [7, 11) is 1.70. The monoisotopic (exact) mass is 406 g/mol. The van der Waals surface area contributed by atoms with Crippen molar-refractivity contribution in [1.82, 2.24) is 4.90 Å². The normalized spacial score (nSPS) is 11.7. The summed E-state index contributed by atoms with van der Waals surface area (Å²) in [6.07, 6.45) is 0.432. The molecule has 0 aliphatic carbocycles. The molecule has 0 bridgehead atoms. The summed E-state index contributed by atoms with van der Waals surface area (Å²) in [4.78, 5) is 14.4. The van der Waals surface area contributed by atoms with Crippen LogP contribution in [0.1, 0.15) is 24.9 Å². The SMILES string of the molecule is CCOCCOc1c(Cl)cccc1NC(=O)N(C)[C@H](CCO)c1ccccc1. The number of aliphatic hydroxyl groups is 1. The zero-order chi connectivity index (χ0) is 20.4. The number of carbonyl (C=O) groups excluding carboxylic acids is 1. The molecule has 0 aromatic heterocycles. The Balaban J connectivity index is 2.13. The van der Waals surface area contributed by atoms with Crippen LogP contribution in [-0.4, -0.2) is 49.5 Å². The third-order valence-electron chi connectivity index (χ3n) is 4.26. The van der Waals surface area contributed by atoms with Crippen LogP contribution >= 0.6 is 11.6 Å². The summed E-state index contributed by atoms with van der Waals surface area (Å²) in [6, 6.07) is 14.2. The maximum Gasteiger partial charge on any atom is 0.322 e. The number of carbonyl (C=O) groups is 1. The summed E-state index contributed by atoms with van der Waals surface area (Å²) in [5.74, 6) is 0.407. The summed E-state index contributed by atoms with van der Waals surface area (Å²) >= 11 is 6.25. The Hall–Kier alpha value is -2.28. The molecule has 7 heteroatoms. The summed E-state index contributed by atoms with van der Waals surface area (Å²) in [5.41, 5.74) is 1.44. The molecule has 1 atom stereocenters. The van der Waals surface area contributed by atoms with Crippen molar-refractivity contribution in [1.29, 1.82) is 0 Å². The van der Waals surface area contributed by atoms with Crippen molar-refractivity contribution in [2.24, 2.45) is 0 Å². The lowest BCUT2D eigenvalue weighted by Crippen LogP contribution is -2.35. The molecule has 152 valence electrons. The Morgan fingerprint density at radius 1 is 1.18 bits per heavy atom. The number of para-hydroxylation sites is 1. The second-order valence-electron chi connectivity index (χ2n) is 6.14. The molecule has 0 spiro atoms. The number of halogens is 1. The van der Waals surface area contributed by atoms with E-state index in [1.807, 2.05) is 37.3 Å². The van der Waals surface area contributed by atoms with Gasteiger partial charge in [0.05, 0.1) is 23.4 Å². The van der Waals surface area contributed by atoms with E-state index >= 15 is 0 Å².